The van der Waals surface area contributed by atoms with Crippen molar-refractivity contribution in [3.8, 4) is 11.3 Å². The van der Waals surface area contributed by atoms with Crippen molar-refractivity contribution in [2.75, 3.05) is 13.1 Å². The fourth-order valence-corrected chi connectivity index (χ4v) is 6.17. The molecule has 176 valence electrons. The number of piperidine rings is 1. The molecule has 1 N–H and O–H groups in total. The average molecular weight is 486 g/mol. The zero-order valence-electron chi connectivity index (χ0n) is 18.1. The maximum Gasteiger partial charge on any atom is 0.416 e. The average Bonchev–Trinajstić information content (AvgIpc) is 3.34. The lowest BCUT2D eigenvalue weighted by Crippen LogP contribution is -2.38. The predicted octanol–water partition coefficient (Wildman–Crippen LogP) is 5.82. The maximum atomic E-state index is 13.4. The van der Waals surface area contributed by atoms with Gasteiger partial charge in [0.2, 0.25) is 10.0 Å². The van der Waals surface area contributed by atoms with Gasteiger partial charge in [0.1, 0.15) is 5.82 Å². The molecule has 0 unspecified atom stereocenters. The normalized spacial score (nSPS) is 16.2. The van der Waals surface area contributed by atoms with E-state index in [9.17, 15) is 21.6 Å². The summed E-state index contributed by atoms with van der Waals surface area (Å²) in [5.41, 5.74) is 0.199. The van der Waals surface area contributed by atoms with Crippen LogP contribution in [0.25, 0.3) is 22.0 Å². The van der Waals surface area contributed by atoms with Crippen LogP contribution in [0.4, 0.5) is 13.2 Å². The number of alkyl halides is 3. The Labute approximate surface area is 195 Å². The number of aromatic amines is 1. The van der Waals surface area contributed by atoms with Gasteiger partial charge in [-0.2, -0.15) is 17.5 Å². The second-order valence-corrected chi connectivity index (χ2v) is 10.3. The number of hydrogen-bond donors (Lipinski definition) is 1. The number of nitrogens with zero attached hydrogens (tertiary/aromatic N) is 2. The summed E-state index contributed by atoms with van der Waals surface area (Å²) in [7, 11) is -3.65. The molecule has 0 bridgehead atoms. The highest BCUT2D eigenvalue weighted by Gasteiger charge is 2.33. The van der Waals surface area contributed by atoms with Crippen LogP contribution in [0.1, 0.15) is 30.1 Å². The fraction of sp³-hybridized carbons (Fsp3) is 0.240. The van der Waals surface area contributed by atoms with Crippen LogP contribution in [0.15, 0.2) is 77.8 Å². The van der Waals surface area contributed by atoms with Gasteiger partial charge in [0, 0.05) is 30.0 Å². The Morgan fingerprint density at radius 2 is 1.65 bits per heavy atom. The molecule has 1 saturated heterocycles. The molecule has 4 aromatic rings. The monoisotopic (exact) mass is 485 g/mol. The summed E-state index contributed by atoms with van der Waals surface area (Å²) in [4.78, 5) is 7.83. The maximum absolute atomic E-state index is 13.4. The van der Waals surface area contributed by atoms with E-state index in [4.69, 9.17) is 0 Å². The van der Waals surface area contributed by atoms with Crippen LogP contribution in [-0.2, 0) is 16.2 Å². The van der Waals surface area contributed by atoms with E-state index < -0.39 is 21.8 Å². The van der Waals surface area contributed by atoms with Crippen LogP contribution < -0.4 is 0 Å². The van der Waals surface area contributed by atoms with Crippen LogP contribution in [0, 0.1) is 0 Å². The van der Waals surface area contributed by atoms with Crippen molar-refractivity contribution in [2.24, 2.45) is 0 Å². The molecule has 1 aromatic heterocycles. The third kappa shape index (κ3) is 4.21. The van der Waals surface area contributed by atoms with Crippen molar-refractivity contribution in [1.82, 2.24) is 14.3 Å². The van der Waals surface area contributed by atoms with Gasteiger partial charge in [-0.15, -0.1) is 0 Å². The number of aromatic nitrogens is 2. The largest absolute Gasteiger partial charge is 0.416 e. The first kappa shape index (κ1) is 22.6. The van der Waals surface area contributed by atoms with E-state index in [0.29, 0.717) is 53.3 Å². The lowest BCUT2D eigenvalue weighted by Gasteiger charge is -2.30. The fourth-order valence-electron chi connectivity index (χ4n) is 4.48. The van der Waals surface area contributed by atoms with Gasteiger partial charge < -0.3 is 4.98 Å². The van der Waals surface area contributed by atoms with Crippen molar-refractivity contribution < 1.29 is 21.6 Å². The highest BCUT2D eigenvalue weighted by atomic mass is 32.2. The molecule has 5 nitrogen and oxygen atoms in total. The van der Waals surface area contributed by atoms with Crippen molar-refractivity contribution in [2.45, 2.75) is 29.8 Å². The number of hydrogen-bond acceptors (Lipinski definition) is 3. The van der Waals surface area contributed by atoms with Gasteiger partial charge in [0.05, 0.1) is 22.3 Å². The number of sulfonamides is 1. The summed E-state index contributed by atoms with van der Waals surface area (Å²) in [5, 5.41) is 1.57. The lowest BCUT2D eigenvalue weighted by molar-refractivity contribution is -0.137. The first-order chi connectivity index (χ1) is 16.2. The minimum Gasteiger partial charge on any atom is -0.342 e. The van der Waals surface area contributed by atoms with Gasteiger partial charge in [0.15, 0.2) is 0 Å². The molecule has 0 aliphatic carbocycles. The van der Waals surface area contributed by atoms with Crippen LogP contribution >= 0.6 is 0 Å². The second-order valence-electron chi connectivity index (χ2n) is 8.42. The molecule has 5 rings (SSSR count). The molecule has 34 heavy (non-hydrogen) atoms. The number of fused-ring (bicyclic) bond motifs is 1. The van der Waals surface area contributed by atoms with Gasteiger partial charge in [-0.05, 0) is 36.4 Å². The predicted molar refractivity (Wildman–Crippen MR) is 124 cm³/mol. The Hall–Kier alpha value is -3.17. The molecule has 1 aliphatic heterocycles. The summed E-state index contributed by atoms with van der Waals surface area (Å²) in [6.45, 7) is 0.686. The highest BCUT2D eigenvalue weighted by molar-refractivity contribution is 7.89. The van der Waals surface area contributed by atoms with E-state index in [2.05, 4.69) is 9.97 Å². The van der Waals surface area contributed by atoms with E-state index in [-0.39, 0.29) is 5.92 Å². The summed E-state index contributed by atoms with van der Waals surface area (Å²) in [6.07, 6.45) is -1.75. The van der Waals surface area contributed by atoms with E-state index in [1.807, 2.05) is 30.3 Å². The zero-order chi connectivity index (χ0) is 23.9. The topological polar surface area (TPSA) is 66.1 Å². The quantitative estimate of drug-likeness (QED) is 0.396. The molecule has 2 heterocycles. The van der Waals surface area contributed by atoms with Gasteiger partial charge in [-0.1, -0.05) is 48.5 Å². The molecule has 1 aliphatic rings. The minimum absolute atomic E-state index is 0.00137. The number of imidazole rings is 1. The molecule has 0 spiro atoms. The Morgan fingerprint density at radius 3 is 2.41 bits per heavy atom. The second kappa shape index (κ2) is 8.56. The van der Waals surface area contributed by atoms with E-state index in [1.165, 1.54) is 16.6 Å². The van der Waals surface area contributed by atoms with Gasteiger partial charge in [0.25, 0.3) is 0 Å². The standard InChI is InChI=1S/C25H22F3N3O2S/c26-25(27,28)20-8-3-7-19(15-20)22-16-29-24(30-22)18-11-13-31(14-12-18)34(32,33)23-10-4-6-17-5-1-2-9-21(17)23/h1-10,15-16,18H,11-14H2,(H,29,30). The highest BCUT2D eigenvalue weighted by Crippen LogP contribution is 2.34. The molecule has 0 saturated carbocycles. The van der Waals surface area contributed by atoms with Crippen LogP contribution in [0.2, 0.25) is 0 Å². The Balaban J connectivity index is 1.32. The van der Waals surface area contributed by atoms with Gasteiger partial charge >= 0.3 is 6.18 Å². The first-order valence-corrected chi connectivity index (χ1v) is 12.4. The third-order valence-electron chi connectivity index (χ3n) is 6.30. The Morgan fingerprint density at radius 1 is 0.941 bits per heavy atom. The summed E-state index contributed by atoms with van der Waals surface area (Å²) < 4.78 is 67.3. The SMILES string of the molecule is O=S(=O)(c1cccc2ccccc12)N1CCC(c2ncc(-c3cccc(C(F)(F)F)c3)[nH]2)CC1. The van der Waals surface area contributed by atoms with Crippen LogP contribution in [0.5, 0.6) is 0 Å². The third-order valence-corrected chi connectivity index (χ3v) is 8.26. The van der Waals surface area contributed by atoms with E-state index >= 15 is 0 Å². The number of rotatable bonds is 4. The summed E-state index contributed by atoms with van der Waals surface area (Å²) in [6, 6.07) is 17.8. The van der Waals surface area contributed by atoms with Crippen LogP contribution in [-0.4, -0.2) is 35.8 Å². The molecule has 0 amide bonds. The number of nitrogens with one attached hydrogen (secondary N) is 1. The summed E-state index contributed by atoms with van der Waals surface area (Å²) >= 11 is 0. The molecular formula is C25H22F3N3O2S. The van der Waals surface area contributed by atoms with Crippen LogP contribution in [0.3, 0.4) is 0 Å². The Kier molecular flexibility index (Phi) is 5.69. The molecular weight excluding hydrogens is 463 g/mol. The molecule has 0 radical (unpaired) electrons. The molecule has 1 fully saturated rings. The molecule has 9 heteroatoms. The molecule has 0 atom stereocenters. The number of benzene rings is 3. The van der Waals surface area contributed by atoms with Crippen molar-refractivity contribution in [3.05, 3.63) is 84.3 Å². The summed E-state index contributed by atoms with van der Waals surface area (Å²) in [5.74, 6) is 0.660. The van der Waals surface area contributed by atoms with Gasteiger partial charge in [-0.3, -0.25) is 0 Å². The lowest BCUT2D eigenvalue weighted by atomic mass is 9.97. The number of halogens is 3. The van der Waals surface area contributed by atoms with Crippen molar-refractivity contribution in [3.63, 3.8) is 0 Å². The Bertz CT molecular complexity index is 1430. The zero-order valence-corrected chi connectivity index (χ0v) is 18.9. The van der Waals surface area contributed by atoms with Gasteiger partial charge in [-0.25, -0.2) is 13.4 Å². The van der Waals surface area contributed by atoms with E-state index in [1.54, 1.807) is 18.2 Å². The smallest absolute Gasteiger partial charge is 0.342 e. The minimum atomic E-state index is -4.42. The number of H-pyrrole nitrogens is 1. The molecule has 3 aromatic carbocycles. The van der Waals surface area contributed by atoms with Crippen molar-refractivity contribution in [1.29, 1.82) is 0 Å². The van der Waals surface area contributed by atoms with E-state index in [0.717, 1.165) is 17.5 Å². The van der Waals surface area contributed by atoms with Crippen molar-refractivity contribution >= 4 is 20.8 Å². The first-order valence-electron chi connectivity index (χ1n) is 10.9.